The summed E-state index contributed by atoms with van der Waals surface area (Å²) in [4.78, 5) is 23.6. The highest BCUT2D eigenvalue weighted by Gasteiger charge is 2.17. The van der Waals surface area contributed by atoms with Crippen molar-refractivity contribution in [1.29, 1.82) is 0 Å². The molecule has 0 aliphatic carbocycles. The lowest BCUT2D eigenvalue weighted by molar-refractivity contribution is -0.141. The zero-order valence-electron chi connectivity index (χ0n) is 11.9. The summed E-state index contributed by atoms with van der Waals surface area (Å²) in [7, 11) is 1.46. The van der Waals surface area contributed by atoms with E-state index in [1.165, 1.54) is 24.9 Å². The number of benzene rings is 1. The van der Waals surface area contributed by atoms with Gasteiger partial charge in [-0.05, 0) is 18.6 Å². The highest BCUT2D eigenvalue weighted by Crippen LogP contribution is 2.12. The van der Waals surface area contributed by atoms with Gasteiger partial charge in [-0.25, -0.2) is 13.6 Å². The monoisotopic (exact) mass is 300 g/mol. The van der Waals surface area contributed by atoms with E-state index in [2.05, 4.69) is 5.32 Å². The predicted molar refractivity (Wildman–Crippen MR) is 72.9 cm³/mol. The van der Waals surface area contributed by atoms with Gasteiger partial charge in [-0.2, -0.15) is 0 Å². The third kappa shape index (κ3) is 5.02. The molecule has 1 rings (SSSR count). The normalized spacial score (nSPS) is 11.8. The number of nitrogens with one attached hydrogen (secondary N) is 1. The van der Waals surface area contributed by atoms with Crippen LogP contribution in [-0.4, -0.2) is 42.1 Å². The van der Waals surface area contributed by atoms with Crippen molar-refractivity contribution in [1.82, 2.24) is 10.2 Å². The second kappa shape index (κ2) is 7.56. The minimum absolute atomic E-state index is 0.0204. The molecular weight excluding hydrogens is 282 g/mol. The molecule has 0 aliphatic heterocycles. The Hall–Kier alpha value is -2.18. The number of amides is 2. The van der Waals surface area contributed by atoms with Crippen molar-refractivity contribution in [3.05, 3.63) is 35.4 Å². The van der Waals surface area contributed by atoms with Crippen molar-refractivity contribution < 1.29 is 23.5 Å². The van der Waals surface area contributed by atoms with E-state index >= 15 is 0 Å². The number of carbonyl (C=O) groups is 2. The molecule has 0 radical (unpaired) electrons. The lowest BCUT2D eigenvalue weighted by atomic mass is 10.1. The summed E-state index contributed by atoms with van der Waals surface area (Å²) in [5.41, 5.74) is -0.0839. The molecule has 1 atom stereocenters. The predicted octanol–water partition coefficient (Wildman–Crippen LogP) is 1.87. The Morgan fingerprint density at radius 1 is 1.33 bits per heavy atom. The van der Waals surface area contributed by atoms with Gasteiger partial charge in [0, 0.05) is 25.7 Å². The number of carboxylic acids is 1. The Bertz CT molecular complexity index is 503. The molecule has 0 saturated carbocycles. The summed E-state index contributed by atoms with van der Waals surface area (Å²) in [5.74, 6) is -3.00. The number of urea groups is 1. The number of rotatable bonds is 6. The Balaban J connectivity index is 2.45. The molecule has 0 aliphatic rings. The molecule has 0 aromatic heterocycles. The van der Waals surface area contributed by atoms with Crippen LogP contribution < -0.4 is 5.32 Å². The van der Waals surface area contributed by atoms with Crippen LogP contribution in [0.4, 0.5) is 13.6 Å². The van der Waals surface area contributed by atoms with Crippen LogP contribution in [0, 0.1) is 17.6 Å². The number of hydrogen-bond acceptors (Lipinski definition) is 2. The topological polar surface area (TPSA) is 69.6 Å². The fourth-order valence-corrected chi connectivity index (χ4v) is 1.77. The maximum Gasteiger partial charge on any atom is 0.317 e. The van der Waals surface area contributed by atoms with Crippen molar-refractivity contribution in [2.45, 2.75) is 13.3 Å². The summed E-state index contributed by atoms with van der Waals surface area (Å²) in [6.45, 7) is 1.60. The summed E-state index contributed by atoms with van der Waals surface area (Å²) < 4.78 is 26.7. The summed E-state index contributed by atoms with van der Waals surface area (Å²) in [5, 5.41) is 11.2. The molecule has 1 aromatic carbocycles. The largest absolute Gasteiger partial charge is 0.481 e. The molecule has 0 bridgehead atoms. The van der Waals surface area contributed by atoms with E-state index in [0.29, 0.717) is 0 Å². The van der Waals surface area contributed by atoms with E-state index in [0.717, 1.165) is 12.1 Å². The van der Waals surface area contributed by atoms with Crippen LogP contribution in [0.2, 0.25) is 0 Å². The quantitative estimate of drug-likeness (QED) is 0.842. The van der Waals surface area contributed by atoms with Gasteiger partial charge in [0.1, 0.15) is 11.6 Å². The van der Waals surface area contributed by atoms with Crippen LogP contribution >= 0.6 is 0 Å². The van der Waals surface area contributed by atoms with E-state index in [4.69, 9.17) is 5.11 Å². The van der Waals surface area contributed by atoms with Crippen LogP contribution in [0.15, 0.2) is 18.2 Å². The first-order chi connectivity index (χ1) is 9.82. The zero-order chi connectivity index (χ0) is 16.0. The van der Waals surface area contributed by atoms with Gasteiger partial charge < -0.3 is 15.3 Å². The molecule has 0 fully saturated rings. The van der Waals surface area contributed by atoms with Gasteiger partial charge in [-0.15, -0.1) is 0 Å². The van der Waals surface area contributed by atoms with Crippen LogP contribution in [0.1, 0.15) is 12.5 Å². The molecular formula is C14H18F2N2O3. The molecule has 116 valence electrons. The van der Waals surface area contributed by atoms with Gasteiger partial charge in [0.15, 0.2) is 0 Å². The minimum Gasteiger partial charge on any atom is -0.481 e. The number of carboxylic acid groups (broad SMARTS) is 1. The molecule has 0 saturated heterocycles. The smallest absolute Gasteiger partial charge is 0.317 e. The van der Waals surface area contributed by atoms with Crippen LogP contribution in [0.25, 0.3) is 0 Å². The van der Waals surface area contributed by atoms with Gasteiger partial charge >= 0.3 is 12.0 Å². The number of halogens is 2. The summed E-state index contributed by atoms with van der Waals surface area (Å²) >= 11 is 0. The fourth-order valence-electron chi connectivity index (χ4n) is 1.77. The van der Waals surface area contributed by atoms with E-state index < -0.39 is 29.6 Å². The highest BCUT2D eigenvalue weighted by atomic mass is 19.1. The molecule has 0 spiro atoms. The fraction of sp³-hybridized carbons (Fsp3) is 0.429. The van der Waals surface area contributed by atoms with Gasteiger partial charge in [-0.1, -0.05) is 13.0 Å². The molecule has 5 nitrogen and oxygen atoms in total. The number of hydrogen-bond donors (Lipinski definition) is 2. The van der Waals surface area contributed by atoms with Crippen LogP contribution in [0.5, 0.6) is 0 Å². The van der Waals surface area contributed by atoms with Crippen molar-refractivity contribution >= 4 is 12.0 Å². The summed E-state index contributed by atoms with van der Waals surface area (Å²) in [6, 6.07) is 3.09. The third-order valence-electron chi connectivity index (χ3n) is 3.03. The molecule has 1 aromatic rings. The number of carbonyl (C=O) groups excluding carboxylic acids is 1. The Morgan fingerprint density at radius 2 is 1.90 bits per heavy atom. The molecule has 2 amide bonds. The number of nitrogens with zero attached hydrogens (tertiary/aromatic N) is 1. The van der Waals surface area contributed by atoms with Gasteiger partial charge in [0.05, 0.1) is 5.92 Å². The molecule has 2 N–H and O–H groups in total. The second-order valence-corrected chi connectivity index (χ2v) is 4.80. The van der Waals surface area contributed by atoms with E-state index in [9.17, 15) is 18.4 Å². The number of aliphatic carboxylic acids is 1. The molecule has 21 heavy (non-hydrogen) atoms. The Morgan fingerprint density at radius 3 is 2.43 bits per heavy atom. The van der Waals surface area contributed by atoms with Gasteiger partial charge in [0.25, 0.3) is 0 Å². The first kappa shape index (κ1) is 16.9. The second-order valence-electron chi connectivity index (χ2n) is 4.80. The van der Waals surface area contributed by atoms with E-state index in [1.54, 1.807) is 0 Å². The highest BCUT2D eigenvalue weighted by molar-refractivity contribution is 5.75. The minimum atomic E-state index is -0.997. The third-order valence-corrected chi connectivity index (χ3v) is 3.03. The van der Waals surface area contributed by atoms with Crippen molar-refractivity contribution in [3.8, 4) is 0 Å². The van der Waals surface area contributed by atoms with Crippen molar-refractivity contribution in [3.63, 3.8) is 0 Å². The summed E-state index contributed by atoms with van der Waals surface area (Å²) in [6.07, 6.45) is 0.0204. The molecule has 7 heteroatoms. The van der Waals surface area contributed by atoms with Crippen LogP contribution in [0.3, 0.4) is 0 Å². The van der Waals surface area contributed by atoms with E-state index in [1.807, 2.05) is 0 Å². The SMILES string of the molecule is CC(CN(C)C(=O)NCCc1c(F)cccc1F)C(=O)O. The van der Waals surface area contributed by atoms with Crippen molar-refractivity contribution in [2.24, 2.45) is 5.92 Å². The Labute approximate surface area is 121 Å². The van der Waals surface area contributed by atoms with Crippen molar-refractivity contribution in [2.75, 3.05) is 20.1 Å². The lowest BCUT2D eigenvalue weighted by Gasteiger charge is -2.20. The standard InChI is InChI=1S/C14H18F2N2O3/c1-9(13(19)20)8-18(2)14(21)17-7-6-10-11(15)4-3-5-12(10)16/h3-5,9H,6-8H2,1-2H3,(H,17,21)(H,19,20). The average Bonchev–Trinajstić information content (AvgIpc) is 2.41. The maximum atomic E-state index is 13.4. The van der Waals surface area contributed by atoms with E-state index in [-0.39, 0.29) is 25.1 Å². The maximum absolute atomic E-state index is 13.4. The molecule has 1 unspecified atom stereocenters. The lowest BCUT2D eigenvalue weighted by Crippen LogP contribution is -2.41. The van der Waals surface area contributed by atoms with Gasteiger partial charge in [-0.3, -0.25) is 4.79 Å². The molecule has 0 heterocycles. The van der Waals surface area contributed by atoms with Gasteiger partial charge in [0.2, 0.25) is 0 Å². The Kier molecular flexibility index (Phi) is 6.08. The van der Waals surface area contributed by atoms with Crippen LogP contribution in [-0.2, 0) is 11.2 Å². The first-order valence-corrected chi connectivity index (χ1v) is 6.47. The zero-order valence-corrected chi connectivity index (χ0v) is 11.9. The first-order valence-electron chi connectivity index (χ1n) is 6.47. The average molecular weight is 300 g/mol.